The molecule has 0 heterocycles. The zero-order chi connectivity index (χ0) is 11.4. The zero-order valence-corrected chi connectivity index (χ0v) is 9.67. The number of rotatable bonds is 6. The van der Waals surface area contributed by atoms with Crippen molar-refractivity contribution in [1.29, 1.82) is 0 Å². The molecule has 0 aromatic rings. The summed E-state index contributed by atoms with van der Waals surface area (Å²) in [4.78, 5) is 23.2. The van der Waals surface area contributed by atoms with E-state index >= 15 is 0 Å². The average Bonchev–Trinajstić information content (AvgIpc) is 2.95. The molecule has 0 radical (unpaired) electrons. The molecule has 0 aromatic carbocycles. The molecule has 1 atom stereocenters. The fraction of sp³-hybridized carbons (Fsp3) is 0.818. The summed E-state index contributed by atoms with van der Waals surface area (Å²) in [6.07, 6.45) is 3.18. The van der Waals surface area contributed by atoms with E-state index in [1.54, 1.807) is 7.05 Å². The predicted octanol–water partition coefficient (Wildman–Crippen LogP) is 0.468. The van der Waals surface area contributed by atoms with Crippen LogP contribution in [0.4, 0.5) is 0 Å². The Labute approximate surface area is 90.8 Å². The van der Waals surface area contributed by atoms with Crippen molar-refractivity contribution < 1.29 is 9.59 Å². The number of ketones is 1. The molecule has 0 aromatic heterocycles. The lowest BCUT2D eigenvalue weighted by molar-refractivity contribution is -0.139. The number of amides is 1. The second-order valence-corrected chi connectivity index (χ2v) is 4.51. The summed E-state index contributed by atoms with van der Waals surface area (Å²) in [5, 5.41) is 5.54. The van der Waals surface area contributed by atoms with Gasteiger partial charge in [0.05, 0.1) is 6.04 Å². The maximum absolute atomic E-state index is 11.7. The van der Waals surface area contributed by atoms with Crippen LogP contribution < -0.4 is 10.6 Å². The minimum absolute atomic E-state index is 0.0138. The number of hydrogen-bond acceptors (Lipinski definition) is 3. The van der Waals surface area contributed by atoms with Crippen LogP contribution in [0.25, 0.3) is 0 Å². The minimum Gasteiger partial charge on any atom is -0.347 e. The van der Waals surface area contributed by atoms with Crippen molar-refractivity contribution in [2.75, 3.05) is 7.05 Å². The van der Waals surface area contributed by atoms with Gasteiger partial charge in [0.1, 0.15) is 0 Å². The van der Waals surface area contributed by atoms with E-state index in [-0.39, 0.29) is 17.9 Å². The fourth-order valence-corrected chi connectivity index (χ4v) is 1.53. The lowest BCUT2D eigenvalue weighted by Crippen LogP contribution is -2.46. The molecule has 4 heteroatoms. The van der Waals surface area contributed by atoms with Crippen molar-refractivity contribution in [2.45, 2.75) is 45.2 Å². The Kier molecular flexibility index (Phi) is 4.27. The molecular formula is C11H20N2O2. The van der Waals surface area contributed by atoms with Gasteiger partial charge in [0.25, 0.3) is 5.91 Å². The van der Waals surface area contributed by atoms with Gasteiger partial charge in [-0.2, -0.15) is 0 Å². The first-order chi connectivity index (χ1) is 7.04. The Balaban J connectivity index is 2.43. The highest BCUT2D eigenvalue weighted by molar-refractivity contribution is 6.38. The summed E-state index contributed by atoms with van der Waals surface area (Å²) in [5.41, 5.74) is 0. The fourth-order valence-electron chi connectivity index (χ4n) is 1.53. The van der Waals surface area contributed by atoms with Gasteiger partial charge in [-0.3, -0.25) is 9.59 Å². The monoisotopic (exact) mass is 212 g/mol. The molecule has 1 aliphatic carbocycles. The van der Waals surface area contributed by atoms with Crippen LogP contribution in [0.5, 0.6) is 0 Å². The van der Waals surface area contributed by atoms with Gasteiger partial charge >= 0.3 is 0 Å². The molecule has 0 aliphatic heterocycles. The highest BCUT2D eigenvalue weighted by Gasteiger charge is 2.31. The first-order valence-corrected chi connectivity index (χ1v) is 5.56. The first-order valence-electron chi connectivity index (χ1n) is 5.56. The van der Waals surface area contributed by atoms with E-state index in [1.807, 2.05) is 13.8 Å². The quantitative estimate of drug-likeness (QED) is 0.629. The molecule has 0 bridgehead atoms. The van der Waals surface area contributed by atoms with E-state index in [0.29, 0.717) is 5.92 Å². The lowest BCUT2D eigenvalue weighted by Gasteiger charge is -2.15. The Bertz CT molecular complexity index is 247. The zero-order valence-electron chi connectivity index (χ0n) is 9.67. The van der Waals surface area contributed by atoms with Gasteiger partial charge in [-0.1, -0.05) is 12.8 Å². The number of carbonyl (C=O) groups is 2. The van der Waals surface area contributed by atoms with Crippen molar-refractivity contribution in [3.63, 3.8) is 0 Å². The summed E-state index contributed by atoms with van der Waals surface area (Å²) in [7, 11) is 1.73. The molecule has 0 saturated heterocycles. The van der Waals surface area contributed by atoms with Gasteiger partial charge in [0.15, 0.2) is 0 Å². The molecule has 1 fully saturated rings. The van der Waals surface area contributed by atoms with Gasteiger partial charge in [-0.15, -0.1) is 0 Å². The third-order valence-electron chi connectivity index (χ3n) is 2.57. The van der Waals surface area contributed by atoms with Crippen LogP contribution >= 0.6 is 0 Å². The molecule has 4 nitrogen and oxygen atoms in total. The van der Waals surface area contributed by atoms with Crippen LogP contribution in [0.1, 0.15) is 33.1 Å². The third-order valence-corrected chi connectivity index (χ3v) is 2.57. The molecule has 1 saturated carbocycles. The van der Waals surface area contributed by atoms with Gasteiger partial charge < -0.3 is 10.6 Å². The largest absolute Gasteiger partial charge is 0.347 e. The molecule has 1 aliphatic rings. The predicted molar refractivity (Wildman–Crippen MR) is 58.5 cm³/mol. The number of nitrogens with one attached hydrogen (secondary N) is 2. The van der Waals surface area contributed by atoms with Crippen molar-refractivity contribution in [2.24, 2.45) is 5.92 Å². The van der Waals surface area contributed by atoms with Gasteiger partial charge in [-0.25, -0.2) is 0 Å². The molecule has 0 spiro atoms. The van der Waals surface area contributed by atoms with Gasteiger partial charge in [0.2, 0.25) is 5.78 Å². The van der Waals surface area contributed by atoms with Gasteiger partial charge in [-0.05, 0) is 33.2 Å². The Morgan fingerprint density at radius 1 is 1.33 bits per heavy atom. The molecule has 2 N–H and O–H groups in total. The lowest BCUT2D eigenvalue weighted by atomic mass is 10.1. The Morgan fingerprint density at radius 2 is 1.93 bits per heavy atom. The molecule has 1 rings (SSSR count). The van der Waals surface area contributed by atoms with Crippen molar-refractivity contribution in [3.05, 3.63) is 0 Å². The topological polar surface area (TPSA) is 58.2 Å². The standard InChI is InChI=1S/C11H20N2O2/c1-7(2)13-11(15)10(14)9(12-3)6-8-4-5-8/h7-9,12H,4-6H2,1-3H3,(H,13,15). The average molecular weight is 212 g/mol. The third kappa shape index (κ3) is 4.00. The summed E-state index contributed by atoms with van der Waals surface area (Å²) in [6.45, 7) is 3.70. The number of carbonyl (C=O) groups excluding carboxylic acids is 2. The van der Waals surface area contributed by atoms with E-state index in [1.165, 1.54) is 12.8 Å². The summed E-state index contributed by atoms with van der Waals surface area (Å²) in [6, 6.07) is -0.295. The van der Waals surface area contributed by atoms with Crippen molar-refractivity contribution >= 4 is 11.7 Å². The van der Waals surface area contributed by atoms with Crippen LogP contribution in [-0.2, 0) is 9.59 Å². The molecular weight excluding hydrogens is 192 g/mol. The second-order valence-electron chi connectivity index (χ2n) is 4.51. The van der Waals surface area contributed by atoms with E-state index < -0.39 is 5.91 Å². The normalized spacial score (nSPS) is 17.6. The van der Waals surface area contributed by atoms with E-state index in [4.69, 9.17) is 0 Å². The summed E-state index contributed by atoms with van der Waals surface area (Å²) >= 11 is 0. The summed E-state index contributed by atoms with van der Waals surface area (Å²) < 4.78 is 0. The molecule has 86 valence electrons. The number of hydrogen-bond donors (Lipinski definition) is 2. The van der Waals surface area contributed by atoms with Gasteiger partial charge in [0, 0.05) is 6.04 Å². The molecule has 15 heavy (non-hydrogen) atoms. The molecule has 1 amide bonds. The first kappa shape index (κ1) is 12.2. The van der Waals surface area contributed by atoms with Crippen LogP contribution in [-0.4, -0.2) is 30.8 Å². The van der Waals surface area contributed by atoms with Crippen molar-refractivity contribution in [1.82, 2.24) is 10.6 Å². The Morgan fingerprint density at radius 3 is 2.33 bits per heavy atom. The molecule has 1 unspecified atom stereocenters. The number of Topliss-reactive ketones (excluding diaryl/α,β-unsaturated/α-hetero) is 1. The van der Waals surface area contributed by atoms with Crippen LogP contribution in [0.3, 0.4) is 0 Å². The second kappa shape index (κ2) is 5.26. The highest BCUT2D eigenvalue weighted by Crippen LogP contribution is 2.33. The van der Waals surface area contributed by atoms with Crippen molar-refractivity contribution in [3.8, 4) is 0 Å². The van der Waals surface area contributed by atoms with E-state index in [9.17, 15) is 9.59 Å². The van der Waals surface area contributed by atoms with Crippen LogP contribution in [0, 0.1) is 5.92 Å². The van der Waals surface area contributed by atoms with Crippen LogP contribution in [0.15, 0.2) is 0 Å². The van der Waals surface area contributed by atoms with Crippen LogP contribution in [0.2, 0.25) is 0 Å². The van der Waals surface area contributed by atoms with E-state index in [0.717, 1.165) is 6.42 Å². The summed E-state index contributed by atoms with van der Waals surface area (Å²) in [5.74, 6) is -0.165. The maximum atomic E-state index is 11.7. The minimum atomic E-state index is -0.468. The smallest absolute Gasteiger partial charge is 0.289 e. The Hall–Kier alpha value is -0.900. The number of likely N-dealkylation sites (N-methyl/N-ethyl adjacent to an activating group) is 1. The maximum Gasteiger partial charge on any atom is 0.289 e. The van der Waals surface area contributed by atoms with E-state index in [2.05, 4.69) is 10.6 Å². The highest BCUT2D eigenvalue weighted by atomic mass is 16.2. The SMILES string of the molecule is CNC(CC1CC1)C(=O)C(=O)NC(C)C.